The first kappa shape index (κ1) is 17.1. The number of hydrogen-bond acceptors (Lipinski definition) is 5. The second-order valence-corrected chi connectivity index (χ2v) is 6.87. The quantitative estimate of drug-likeness (QED) is 0.773. The number of nitrogens with zero attached hydrogens (tertiary/aromatic N) is 2. The van der Waals surface area contributed by atoms with E-state index in [0.717, 1.165) is 6.42 Å². The van der Waals surface area contributed by atoms with Crippen molar-refractivity contribution in [2.75, 3.05) is 15.8 Å². The van der Waals surface area contributed by atoms with E-state index >= 15 is 0 Å². The zero-order chi connectivity index (χ0) is 16.7. The van der Waals surface area contributed by atoms with Gasteiger partial charge < -0.3 is 5.32 Å². The van der Waals surface area contributed by atoms with Crippen molar-refractivity contribution >= 4 is 21.7 Å². The Morgan fingerprint density at radius 3 is 2.43 bits per heavy atom. The summed E-state index contributed by atoms with van der Waals surface area (Å²) in [6.07, 6.45) is 1.39. The summed E-state index contributed by atoms with van der Waals surface area (Å²) in [4.78, 5) is 0. The molecule has 124 valence electrons. The number of hydrogen-bond donors (Lipinski definition) is 2. The predicted molar refractivity (Wildman–Crippen MR) is 88.1 cm³/mol. The van der Waals surface area contributed by atoms with Gasteiger partial charge in [-0.2, -0.15) is 0 Å². The Hall–Kier alpha value is -2.22. The van der Waals surface area contributed by atoms with Crippen molar-refractivity contribution in [3.05, 3.63) is 47.8 Å². The van der Waals surface area contributed by atoms with E-state index in [1.807, 2.05) is 6.92 Å². The van der Waals surface area contributed by atoms with Gasteiger partial charge in [-0.1, -0.05) is 31.5 Å². The van der Waals surface area contributed by atoms with Crippen LogP contribution in [0.1, 0.15) is 25.3 Å². The van der Waals surface area contributed by atoms with Gasteiger partial charge in [-0.3, -0.25) is 4.72 Å². The Morgan fingerprint density at radius 2 is 1.78 bits per heavy atom. The SMILES string of the molecule is CCCCS(=O)(=O)Nc1ccc(NCc2ccccc2F)nn1. The number of sulfonamides is 1. The van der Waals surface area contributed by atoms with E-state index in [9.17, 15) is 12.8 Å². The average Bonchev–Trinajstić information content (AvgIpc) is 2.53. The van der Waals surface area contributed by atoms with Crippen molar-refractivity contribution in [2.45, 2.75) is 26.3 Å². The first-order valence-electron chi connectivity index (χ1n) is 7.31. The van der Waals surface area contributed by atoms with Gasteiger partial charge in [0.05, 0.1) is 5.75 Å². The number of aromatic nitrogens is 2. The van der Waals surface area contributed by atoms with Crippen LogP contribution in [0.3, 0.4) is 0 Å². The fourth-order valence-corrected chi connectivity index (χ4v) is 3.05. The number of benzene rings is 1. The molecule has 0 aliphatic heterocycles. The van der Waals surface area contributed by atoms with E-state index in [2.05, 4.69) is 20.2 Å². The molecule has 0 aliphatic rings. The van der Waals surface area contributed by atoms with E-state index in [1.54, 1.807) is 24.3 Å². The average molecular weight is 338 g/mol. The van der Waals surface area contributed by atoms with Gasteiger partial charge in [-0.05, 0) is 24.6 Å². The minimum atomic E-state index is -3.39. The third kappa shape index (κ3) is 5.48. The molecule has 2 aromatic rings. The topological polar surface area (TPSA) is 84.0 Å². The molecule has 0 spiro atoms. The lowest BCUT2D eigenvalue weighted by atomic mass is 10.2. The van der Waals surface area contributed by atoms with Gasteiger partial charge in [-0.15, -0.1) is 10.2 Å². The Kier molecular flexibility index (Phi) is 5.86. The van der Waals surface area contributed by atoms with Gasteiger partial charge in [-0.25, -0.2) is 12.8 Å². The molecule has 0 saturated heterocycles. The van der Waals surface area contributed by atoms with Gasteiger partial charge in [0.2, 0.25) is 10.0 Å². The number of anilines is 2. The molecule has 6 nitrogen and oxygen atoms in total. The van der Waals surface area contributed by atoms with E-state index in [0.29, 0.717) is 17.8 Å². The third-order valence-corrected chi connectivity index (χ3v) is 4.46. The summed E-state index contributed by atoms with van der Waals surface area (Å²) in [7, 11) is -3.39. The molecule has 23 heavy (non-hydrogen) atoms. The lowest BCUT2D eigenvalue weighted by Crippen LogP contribution is -2.17. The Balaban J connectivity index is 1.93. The smallest absolute Gasteiger partial charge is 0.233 e. The predicted octanol–water partition coefficient (Wildman–Crippen LogP) is 2.77. The zero-order valence-electron chi connectivity index (χ0n) is 12.8. The van der Waals surface area contributed by atoms with E-state index < -0.39 is 10.0 Å². The van der Waals surface area contributed by atoms with Crippen LogP contribution < -0.4 is 10.0 Å². The first-order chi connectivity index (χ1) is 11.0. The molecule has 2 N–H and O–H groups in total. The van der Waals surface area contributed by atoms with E-state index in [4.69, 9.17) is 0 Å². The summed E-state index contributed by atoms with van der Waals surface area (Å²) in [5, 5.41) is 10.6. The fraction of sp³-hybridized carbons (Fsp3) is 0.333. The number of unbranched alkanes of at least 4 members (excludes halogenated alkanes) is 1. The van der Waals surface area contributed by atoms with Crippen LogP contribution in [0.4, 0.5) is 16.0 Å². The summed E-state index contributed by atoms with van der Waals surface area (Å²) in [6, 6.07) is 9.53. The van der Waals surface area contributed by atoms with Gasteiger partial charge in [0.15, 0.2) is 5.82 Å². The Labute approximate surface area is 135 Å². The monoisotopic (exact) mass is 338 g/mol. The first-order valence-corrected chi connectivity index (χ1v) is 8.97. The molecule has 1 aromatic heterocycles. The lowest BCUT2D eigenvalue weighted by molar-refractivity contribution is 0.597. The van der Waals surface area contributed by atoms with Crippen LogP contribution >= 0.6 is 0 Å². The highest BCUT2D eigenvalue weighted by Crippen LogP contribution is 2.12. The second kappa shape index (κ2) is 7.87. The fourth-order valence-electron chi connectivity index (χ4n) is 1.85. The van der Waals surface area contributed by atoms with Crippen LogP contribution in [0.2, 0.25) is 0 Å². The van der Waals surface area contributed by atoms with Gasteiger partial charge in [0, 0.05) is 12.1 Å². The maximum Gasteiger partial charge on any atom is 0.233 e. The number of nitrogens with one attached hydrogen (secondary N) is 2. The molecule has 0 amide bonds. The largest absolute Gasteiger partial charge is 0.364 e. The highest BCUT2D eigenvalue weighted by molar-refractivity contribution is 7.92. The molecule has 0 unspecified atom stereocenters. The van der Waals surface area contributed by atoms with Gasteiger partial charge in [0.1, 0.15) is 11.6 Å². The molecule has 1 heterocycles. The standard InChI is InChI=1S/C15H19FN4O2S/c1-2-3-10-23(21,22)20-15-9-8-14(18-19-15)17-11-12-6-4-5-7-13(12)16/h4-9H,2-3,10-11H2,1H3,(H,17,18)(H,19,20). The summed E-state index contributed by atoms with van der Waals surface area (Å²) in [5.74, 6) is 0.355. The second-order valence-electron chi connectivity index (χ2n) is 5.02. The molecule has 0 radical (unpaired) electrons. The van der Waals surface area contributed by atoms with Crippen LogP contribution in [0.15, 0.2) is 36.4 Å². The van der Waals surface area contributed by atoms with Gasteiger partial charge >= 0.3 is 0 Å². The molecular weight excluding hydrogens is 319 g/mol. The van der Waals surface area contributed by atoms with Crippen molar-refractivity contribution in [3.63, 3.8) is 0 Å². The highest BCUT2D eigenvalue weighted by atomic mass is 32.2. The van der Waals surface area contributed by atoms with E-state index in [-0.39, 0.29) is 23.9 Å². The molecular formula is C15H19FN4O2S. The maximum atomic E-state index is 13.5. The van der Waals surface area contributed by atoms with Gasteiger partial charge in [0.25, 0.3) is 0 Å². The van der Waals surface area contributed by atoms with Crippen molar-refractivity contribution in [1.82, 2.24) is 10.2 Å². The molecule has 0 bridgehead atoms. The summed E-state index contributed by atoms with van der Waals surface area (Å²) in [5.41, 5.74) is 0.513. The summed E-state index contributed by atoms with van der Waals surface area (Å²) < 4.78 is 39.4. The molecule has 2 rings (SSSR count). The minimum absolute atomic E-state index is 0.0540. The molecule has 8 heteroatoms. The molecule has 1 aromatic carbocycles. The summed E-state index contributed by atoms with van der Waals surface area (Å²) >= 11 is 0. The van der Waals surface area contributed by atoms with Crippen LogP contribution in [0, 0.1) is 5.82 Å². The van der Waals surface area contributed by atoms with Crippen LogP contribution in [-0.2, 0) is 16.6 Å². The van der Waals surface area contributed by atoms with Crippen molar-refractivity contribution in [3.8, 4) is 0 Å². The number of halogens is 1. The van der Waals surface area contributed by atoms with Crippen molar-refractivity contribution < 1.29 is 12.8 Å². The maximum absolute atomic E-state index is 13.5. The van der Waals surface area contributed by atoms with Crippen LogP contribution in [0.25, 0.3) is 0 Å². The summed E-state index contributed by atoms with van der Waals surface area (Å²) in [6.45, 7) is 2.19. The third-order valence-electron chi connectivity index (χ3n) is 3.11. The normalized spacial score (nSPS) is 11.2. The lowest BCUT2D eigenvalue weighted by Gasteiger charge is -2.08. The highest BCUT2D eigenvalue weighted by Gasteiger charge is 2.10. The molecule has 0 saturated carbocycles. The number of rotatable bonds is 8. The molecule has 0 aliphatic carbocycles. The Bertz CT molecular complexity index is 735. The molecule has 0 atom stereocenters. The van der Waals surface area contributed by atoms with Crippen molar-refractivity contribution in [2.24, 2.45) is 0 Å². The van der Waals surface area contributed by atoms with Crippen LogP contribution in [0.5, 0.6) is 0 Å². The minimum Gasteiger partial charge on any atom is -0.364 e. The van der Waals surface area contributed by atoms with E-state index in [1.165, 1.54) is 12.1 Å². The zero-order valence-corrected chi connectivity index (χ0v) is 13.6. The van der Waals surface area contributed by atoms with Crippen molar-refractivity contribution in [1.29, 1.82) is 0 Å². The molecule has 0 fully saturated rings. The Morgan fingerprint density at radius 1 is 1.09 bits per heavy atom. The van der Waals surface area contributed by atoms with Crippen LogP contribution in [-0.4, -0.2) is 24.4 Å².